The molecule has 2 heterocycles. The van der Waals surface area contributed by atoms with Gasteiger partial charge in [-0.3, -0.25) is 4.79 Å². The van der Waals surface area contributed by atoms with Gasteiger partial charge in [-0.1, -0.05) is 36.4 Å². The Bertz CT molecular complexity index is 1120. The highest BCUT2D eigenvalue weighted by Crippen LogP contribution is 2.24. The smallest absolute Gasteiger partial charge is 0.262 e. The van der Waals surface area contributed by atoms with E-state index in [2.05, 4.69) is 10.1 Å². The lowest BCUT2D eigenvalue weighted by atomic mass is 10.1. The maximum atomic E-state index is 13.6. The average molecular weight is 398 g/mol. The van der Waals surface area contributed by atoms with Crippen molar-refractivity contribution >= 4 is 11.6 Å². The number of amides is 1. The van der Waals surface area contributed by atoms with Gasteiger partial charge in [-0.15, -0.1) is 0 Å². The first-order valence-corrected chi connectivity index (χ1v) is 9.63. The molecular formula is C24H22N4O2. The van der Waals surface area contributed by atoms with Gasteiger partial charge in [-0.05, 0) is 48.9 Å². The van der Waals surface area contributed by atoms with Crippen molar-refractivity contribution in [2.75, 3.05) is 12.0 Å². The number of hydrogen-bond donors (Lipinski definition) is 0. The summed E-state index contributed by atoms with van der Waals surface area (Å²) in [5.41, 5.74) is 3.10. The molecule has 0 saturated carbocycles. The van der Waals surface area contributed by atoms with Crippen LogP contribution in [0.15, 0.2) is 85.2 Å². The molecule has 150 valence electrons. The molecule has 4 aromatic rings. The lowest BCUT2D eigenvalue weighted by Crippen LogP contribution is -2.30. The number of benzene rings is 2. The molecule has 0 N–H and O–H groups in total. The van der Waals surface area contributed by atoms with Crippen molar-refractivity contribution in [3.63, 3.8) is 0 Å². The molecule has 0 aliphatic rings. The monoisotopic (exact) mass is 398 g/mol. The number of carbonyl (C=O) groups is 1. The van der Waals surface area contributed by atoms with Gasteiger partial charge in [0.05, 0.1) is 31.1 Å². The summed E-state index contributed by atoms with van der Waals surface area (Å²) >= 11 is 0. The third-order valence-corrected chi connectivity index (χ3v) is 4.92. The van der Waals surface area contributed by atoms with Crippen LogP contribution in [0.4, 0.5) is 5.69 Å². The molecule has 2 aromatic carbocycles. The molecule has 0 fully saturated rings. The molecule has 1 amide bonds. The molecule has 30 heavy (non-hydrogen) atoms. The fourth-order valence-corrected chi connectivity index (χ4v) is 3.28. The van der Waals surface area contributed by atoms with Crippen molar-refractivity contribution in [3.8, 4) is 11.6 Å². The topological polar surface area (TPSA) is 60.2 Å². The highest BCUT2D eigenvalue weighted by atomic mass is 16.5. The molecule has 0 spiro atoms. The van der Waals surface area contributed by atoms with Crippen molar-refractivity contribution in [2.45, 2.75) is 13.5 Å². The number of anilines is 1. The summed E-state index contributed by atoms with van der Waals surface area (Å²) in [6.45, 7) is 2.32. The van der Waals surface area contributed by atoms with E-state index in [0.717, 1.165) is 22.7 Å². The van der Waals surface area contributed by atoms with Crippen LogP contribution in [0.2, 0.25) is 0 Å². The zero-order valence-corrected chi connectivity index (χ0v) is 16.9. The third-order valence-electron chi connectivity index (χ3n) is 4.92. The first kappa shape index (κ1) is 19.4. The number of pyridine rings is 1. The first-order chi connectivity index (χ1) is 14.7. The zero-order chi connectivity index (χ0) is 20.9. The van der Waals surface area contributed by atoms with Crippen LogP contribution >= 0.6 is 0 Å². The van der Waals surface area contributed by atoms with Crippen molar-refractivity contribution in [1.29, 1.82) is 0 Å². The van der Waals surface area contributed by atoms with Crippen LogP contribution in [0, 0.1) is 6.92 Å². The fraction of sp³-hybridized carbons (Fsp3) is 0.125. The maximum absolute atomic E-state index is 13.6. The number of carbonyl (C=O) groups excluding carboxylic acids is 1. The zero-order valence-electron chi connectivity index (χ0n) is 16.9. The minimum Gasteiger partial charge on any atom is -0.497 e. The van der Waals surface area contributed by atoms with Gasteiger partial charge in [0.25, 0.3) is 5.91 Å². The number of nitrogens with zero attached hydrogens (tertiary/aromatic N) is 4. The molecule has 0 unspecified atom stereocenters. The second-order valence-electron chi connectivity index (χ2n) is 6.82. The fourth-order valence-electron chi connectivity index (χ4n) is 3.28. The van der Waals surface area contributed by atoms with E-state index in [4.69, 9.17) is 4.74 Å². The van der Waals surface area contributed by atoms with E-state index in [9.17, 15) is 4.79 Å². The average Bonchev–Trinajstić information content (AvgIpc) is 3.19. The molecule has 6 heteroatoms. The van der Waals surface area contributed by atoms with E-state index in [1.807, 2.05) is 79.7 Å². The summed E-state index contributed by atoms with van der Waals surface area (Å²) in [5, 5.41) is 4.40. The lowest BCUT2D eigenvalue weighted by molar-refractivity contribution is 0.0984. The summed E-state index contributed by atoms with van der Waals surface area (Å²) in [6, 6.07) is 23.0. The Morgan fingerprint density at radius 1 is 1.00 bits per heavy atom. The quantitative estimate of drug-likeness (QED) is 0.482. The number of rotatable bonds is 6. The molecule has 0 saturated heterocycles. The normalized spacial score (nSPS) is 10.6. The van der Waals surface area contributed by atoms with Crippen LogP contribution < -0.4 is 9.64 Å². The highest BCUT2D eigenvalue weighted by molar-refractivity contribution is 6.06. The summed E-state index contributed by atoms with van der Waals surface area (Å²) in [4.78, 5) is 19.7. The predicted octanol–water partition coefficient (Wildman–Crippen LogP) is 4.43. The second kappa shape index (κ2) is 8.61. The van der Waals surface area contributed by atoms with Gasteiger partial charge in [-0.2, -0.15) is 5.10 Å². The Labute approximate surface area is 175 Å². The van der Waals surface area contributed by atoms with E-state index in [-0.39, 0.29) is 5.91 Å². The van der Waals surface area contributed by atoms with Gasteiger partial charge >= 0.3 is 0 Å². The predicted molar refractivity (Wildman–Crippen MR) is 116 cm³/mol. The lowest BCUT2D eigenvalue weighted by Gasteiger charge is -2.23. The Morgan fingerprint density at radius 2 is 1.73 bits per heavy atom. The van der Waals surface area contributed by atoms with Crippen LogP contribution in [-0.2, 0) is 6.54 Å². The van der Waals surface area contributed by atoms with Crippen LogP contribution in [0.5, 0.6) is 5.75 Å². The SMILES string of the molecule is COc1ccc(N(Cc2ccccc2)C(=O)c2cnn(-c3ccccn3)c2C)cc1. The van der Waals surface area contributed by atoms with Gasteiger partial charge in [0.1, 0.15) is 5.75 Å². The molecule has 0 bridgehead atoms. The second-order valence-corrected chi connectivity index (χ2v) is 6.82. The van der Waals surface area contributed by atoms with Crippen molar-refractivity contribution < 1.29 is 9.53 Å². The molecular weight excluding hydrogens is 376 g/mol. The van der Waals surface area contributed by atoms with Crippen molar-refractivity contribution in [1.82, 2.24) is 14.8 Å². The van der Waals surface area contributed by atoms with E-state index in [1.54, 1.807) is 29.1 Å². The number of methoxy groups -OCH3 is 1. The van der Waals surface area contributed by atoms with E-state index in [1.165, 1.54) is 0 Å². The van der Waals surface area contributed by atoms with E-state index in [0.29, 0.717) is 17.9 Å². The minimum absolute atomic E-state index is 0.122. The first-order valence-electron chi connectivity index (χ1n) is 9.63. The summed E-state index contributed by atoms with van der Waals surface area (Å²) in [6.07, 6.45) is 3.31. The van der Waals surface area contributed by atoms with Crippen LogP contribution in [-0.4, -0.2) is 27.8 Å². The Hall–Kier alpha value is -3.93. The molecule has 4 rings (SSSR count). The molecule has 0 atom stereocenters. The Balaban J connectivity index is 1.71. The Kier molecular flexibility index (Phi) is 5.57. The van der Waals surface area contributed by atoms with Gasteiger partial charge in [-0.25, -0.2) is 9.67 Å². The van der Waals surface area contributed by atoms with Crippen LogP contribution in [0.3, 0.4) is 0 Å². The van der Waals surface area contributed by atoms with E-state index >= 15 is 0 Å². The summed E-state index contributed by atoms with van der Waals surface area (Å²) in [7, 11) is 1.62. The number of aromatic nitrogens is 3. The third kappa shape index (κ3) is 3.93. The summed E-state index contributed by atoms with van der Waals surface area (Å²) < 4.78 is 6.94. The van der Waals surface area contributed by atoms with Gasteiger partial charge < -0.3 is 9.64 Å². The highest BCUT2D eigenvalue weighted by Gasteiger charge is 2.23. The Morgan fingerprint density at radius 3 is 2.40 bits per heavy atom. The molecule has 0 aliphatic carbocycles. The van der Waals surface area contributed by atoms with Crippen molar-refractivity contribution in [2.24, 2.45) is 0 Å². The van der Waals surface area contributed by atoms with Crippen LogP contribution in [0.25, 0.3) is 5.82 Å². The number of hydrogen-bond acceptors (Lipinski definition) is 4. The van der Waals surface area contributed by atoms with Gasteiger partial charge in [0, 0.05) is 11.9 Å². The molecule has 0 aliphatic heterocycles. The largest absolute Gasteiger partial charge is 0.497 e. The standard InChI is InChI=1S/C24H22N4O2/c1-18-22(16-26-28(18)23-10-6-7-15-25-23)24(29)27(17-19-8-4-3-5-9-19)20-11-13-21(30-2)14-12-20/h3-16H,17H2,1-2H3. The summed E-state index contributed by atoms with van der Waals surface area (Å²) in [5.74, 6) is 1.29. The van der Waals surface area contributed by atoms with Gasteiger partial charge in [0.2, 0.25) is 0 Å². The minimum atomic E-state index is -0.122. The van der Waals surface area contributed by atoms with Gasteiger partial charge in [0.15, 0.2) is 5.82 Å². The molecule has 6 nitrogen and oxygen atoms in total. The van der Waals surface area contributed by atoms with E-state index < -0.39 is 0 Å². The van der Waals surface area contributed by atoms with Crippen molar-refractivity contribution in [3.05, 3.63) is 102 Å². The molecule has 0 radical (unpaired) electrons. The van der Waals surface area contributed by atoms with Crippen LogP contribution in [0.1, 0.15) is 21.6 Å². The molecule has 2 aromatic heterocycles. The maximum Gasteiger partial charge on any atom is 0.262 e. The number of ether oxygens (including phenoxy) is 1.